The molecule has 0 spiro atoms. The molecule has 0 aromatic carbocycles. The number of nitrogens with zero attached hydrogens (tertiary/aromatic N) is 6. The number of carbonyl (C=O) groups excluding carboxylic acids is 1. The van der Waals surface area contributed by atoms with E-state index in [2.05, 4.69) is 15.0 Å². The second-order valence-corrected chi connectivity index (χ2v) is 7.21. The molecule has 0 aliphatic rings. The molecule has 0 saturated heterocycles. The summed E-state index contributed by atoms with van der Waals surface area (Å²) < 4.78 is 2.01. The average molecular weight is 386 g/mol. The van der Waals surface area contributed by atoms with Crippen LogP contribution < -0.4 is 4.90 Å². The summed E-state index contributed by atoms with van der Waals surface area (Å²) in [5.74, 6) is 1.68. The number of rotatable bonds is 5. The van der Waals surface area contributed by atoms with E-state index in [9.17, 15) is 4.79 Å². The maximum Gasteiger partial charge on any atom is 0.169 e. The van der Waals surface area contributed by atoms with Crippen LogP contribution in [0.5, 0.6) is 0 Å². The summed E-state index contributed by atoms with van der Waals surface area (Å²) in [6.45, 7) is 1.96. The van der Waals surface area contributed by atoms with Gasteiger partial charge in [0.25, 0.3) is 0 Å². The van der Waals surface area contributed by atoms with Crippen molar-refractivity contribution in [3.63, 3.8) is 0 Å². The Labute approximate surface area is 169 Å². The zero-order chi connectivity index (χ0) is 20.5. The largest absolute Gasteiger partial charge is 0.363 e. The Balaban J connectivity index is 1.63. The van der Waals surface area contributed by atoms with Crippen molar-refractivity contribution in [2.45, 2.75) is 13.3 Å². The van der Waals surface area contributed by atoms with Gasteiger partial charge in [0.2, 0.25) is 0 Å². The minimum atomic E-state index is 0.000707. The highest BCUT2D eigenvalue weighted by molar-refractivity contribution is 5.98. The molecule has 0 unspecified atom stereocenters. The van der Waals surface area contributed by atoms with Crippen molar-refractivity contribution >= 4 is 22.5 Å². The second kappa shape index (κ2) is 7.43. The number of pyridine rings is 3. The van der Waals surface area contributed by atoms with Crippen LogP contribution in [0.25, 0.3) is 22.3 Å². The van der Waals surface area contributed by atoms with Gasteiger partial charge in [-0.15, -0.1) is 0 Å². The van der Waals surface area contributed by atoms with E-state index in [0.29, 0.717) is 11.3 Å². The van der Waals surface area contributed by atoms with Gasteiger partial charge < -0.3 is 9.47 Å². The molecule has 4 aromatic rings. The maximum atomic E-state index is 12.7. The topological polar surface area (TPSA) is 76.8 Å². The first-order valence-electron chi connectivity index (χ1n) is 9.33. The van der Waals surface area contributed by atoms with Crippen LogP contribution in [-0.4, -0.2) is 44.4 Å². The quantitative estimate of drug-likeness (QED) is 0.490. The van der Waals surface area contributed by atoms with Gasteiger partial charge in [-0.05, 0) is 37.3 Å². The normalized spacial score (nSPS) is 11.0. The fraction of sp³-hybridized carbons (Fsp3) is 0.227. The van der Waals surface area contributed by atoms with Crippen molar-refractivity contribution in [3.8, 4) is 11.4 Å². The van der Waals surface area contributed by atoms with Gasteiger partial charge in [-0.3, -0.25) is 9.78 Å². The van der Waals surface area contributed by atoms with Gasteiger partial charge in [-0.25, -0.2) is 15.0 Å². The number of carbonyl (C=O) groups is 1. The Bertz CT molecular complexity index is 1210. The minimum Gasteiger partial charge on any atom is -0.363 e. The number of anilines is 1. The van der Waals surface area contributed by atoms with Crippen LogP contribution in [0.4, 0.5) is 5.82 Å². The third-order valence-corrected chi connectivity index (χ3v) is 4.98. The monoisotopic (exact) mass is 386 g/mol. The van der Waals surface area contributed by atoms with Crippen molar-refractivity contribution in [2.24, 2.45) is 7.05 Å². The van der Waals surface area contributed by atoms with Gasteiger partial charge >= 0.3 is 0 Å². The number of Topliss-reactive ketones (excluding diaryl/α,β-unsaturated/α-hetero) is 1. The summed E-state index contributed by atoms with van der Waals surface area (Å²) in [4.78, 5) is 32.4. The van der Waals surface area contributed by atoms with Gasteiger partial charge in [-0.1, -0.05) is 0 Å². The molecule has 7 heteroatoms. The van der Waals surface area contributed by atoms with Crippen molar-refractivity contribution in [2.75, 3.05) is 19.0 Å². The van der Waals surface area contributed by atoms with E-state index in [1.54, 1.807) is 24.5 Å². The maximum absolute atomic E-state index is 12.7. The molecule has 0 saturated carbocycles. The van der Waals surface area contributed by atoms with Crippen LogP contribution in [0.15, 0.2) is 48.9 Å². The number of hydrogen-bond donors (Lipinski definition) is 0. The van der Waals surface area contributed by atoms with Crippen LogP contribution in [0, 0.1) is 6.92 Å². The Kier molecular flexibility index (Phi) is 4.80. The molecule has 7 nitrogen and oxygen atoms in total. The molecule has 0 bridgehead atoms. The highest BCUT2D eigenvalue weighted by Crippen LogP contribution is 2.22. The summed E-state index contributed by atoms with van der Waals surface area (Å²) in [7, 11) is 5.76. The zero-order valence-electron chi connectivity index (χ0n) is 16.9. The second-order valence-electron chi connectivity index (χ2n) is 7.21. The van der Waals surface area contributed by atoms with E-state index in [1.165, 1.54) is 0 Å². The predicted molar refractivity (Wildman–Crippen MR) is 113 cm³/mol. The Hall–Kier alpha value is -3.61. The molecular weight excluding hydrogens is 364 g/mol. The molecule has 0 aliphatic heterocycles. The lowest BCUT2D eigenvalue weighted by Crippen LogP contribution is -2.12. The van der Waals surface area contributed by atoms with Crippen LogP contribution >= 0.6 is 0 Å². The van der Waals surface area contributed by atoms with Crippen molar-refractivity contribution in [1.82, 2.24) is 24.5 Å². The first-order chi connectivity index (χ1) is 13.9. The van der Waals surface area contributed by atoms with E-state index in [-0.39, 0.29) is 12.2 Å². The SMILES string of the molecule is Cc1ncc(-c2ccc3cnc(CC(=O)c4ccnc(N(C)C)c4)cc3n2)n1C. The van der Waals surface area contributed by atoms with Gasteiger partial charge in [0.05, 0.1) is 35.2 Å². The molecular formula is C22H22N6O. The van der Waals surface area contributed by atoms with Crippen molar-refractivity contribution in [1.29, 1.82) is 0 Å². The van der Waals surface area contributed by atoms with Gasteiger partial charge in [0, 0.05) is 44.5 Å². The lowest BCUT2D eigenvalue weighted by atomic mass is 10.1. The van der Waals surface area contributed by atoms with E-state index in [1.807, 2.05) is 61.9 Å². The molecule has 4 heterocycles. The lowest BCUT2D eigenvalue weighted by Gasteiger charge is -2.11. The molecule has 4 aromatic heterocycles. The highest BCUT2D eigenvalue weighted by atomic mass is 16.1. The summed E-state index contributed by atoms with van der Waals surface area (Å²) in [5.41, 5.74) is 3.91. The van der Waals surface area contributed by atoms with E-state index < -0.39 is 0 Å². The summed E-state index contributed by atoms with van der Waals surface area (Å²) in [6, 6.07) is 9.37. The smallest absolute Gasteiger partial charge is 0.169 e. The van der Waals surface area contributed by atoms with E-state index in [4.69, 9.17) is 4.98 Å². The molecule has 4 rings (SSSR count). The van der Waals surface area contributed by atoms with Crippen LogP contribution in [0.1, 0.15) is 21.9 Å². The van der Waals surface area contributed by atoms with Crippen molar-refractivity contribution < 1.29 is 4.79 Å². The van der Waals surface area contributed by atoms with E-state index in [0.717, 1.165) is 33.9 Å². The first kappa shape index (κ1) is 18.7. The molecule has 0 aliphatic carbocycles. The summed E-state index contributed by atoms with van der Waals surface area (Å²) in [5, 5.41) is 0.933. The van der Waals surface area contributed by atoms with Crippen LogP contribution in [0.2, 0.25) is 0 Å². The Morgan fingerprint density at radius 2 is 1.90 bits per heavy atom. The predicted octanol–water partition coefficient (Wildman–Crippen LogP) is 3.23. The molecule has 146 valence electrons. The van der Waals surface area contributed by atoms with Crippen LogP contribution in [0.3, 0.4) is 0 Å². The Morgan fingerprint density at radius 1 is 1.07 bits per heavy atom. The number of fused-ring (bicyclic) bond motifs is 1. The fourth-order valence-corrected chi connectivity index (χ4v) is 3.14. The molecule has 29 heavy (non-hydrogen) atoms. The third kappa shape index (κ3) is 3.71. The molecule has 0 fully saturated rings. The Morgan fingerprint density at radius 3 is 2.62 bits per heavy atom. The fourth-order valence-electron chi connectivity index (χ4n) is 3.14. The van der Waals surface area contributed by atoms with Crippen LogP contribution in [-0.2, 0) is 13.5 Å². The number of hydrogen-bond acceptors (Lipinski definition) is 6. The lowest BCUT2D eigenvalue weighted by molar-refractivity contribution is 0.0992. The third-order valence-electron chi connectivity index (χ3n) is 4.98. The number of aromatic nitrogens is 5. The van der Waals surface area contributed by atoms with Gasteiger partial charge in [-0.2, -0.15) is 0 Å². The number of ketones is 1. The number of imidazole rings is 1. The molecule has 0 N–H and O–H groups in total. The van der Waals surface area contributed by atoms with Gasteiger partial charge in [0.1, 0.15) is 11.6 Å². The zero-order valence-corrected chi connectivity index (χ0v) is 16.9. The molecule has 0 amide bonds. The molecule has 0 atom stereocenters. The average Bonchev–Trinajstić information content (AvgIpc) is 3.06. The van der Waals surface area contributed by atoms with Crippen molar-refractivity contribution in [3.05, 3.63) is 66.0 Å². The standard InChI is InChI=1S/C22H22N6O/c1-14-24-13-20(28(14)4)18-6-5-16-12-25-17(10-19(16)26-18)11-21(29)15-7-8-23-22(9-15)27(2)3/h5-10,12-13H,11H2,1-4H3. The molecule has 0 radical (unpaired) electrons. The summed E-state index contributed by atoms with van der Waals surface area (Å²) >= 11 is 0. The highest BCUT2D eigenvalue weighted by Gasteiger charge is 2.12. The number of aryl methyl sites for hydroxylation is 1. The minimum absolute atomic E-state index is 0.000707. The summed E-state index contributed by atoms with van der Waals surface area (Å²) in [6.07, 6.45) is 5.45. The first-order valence-corrected chi connectivity index (χ1v) is 9.33. The van der Waals surface area contributed by atoms with E-state index >= 15 is 0 Å². The van der Waals surface area contributed by atoms with Gasteiger partial charge in [0.15, 0.2) is 5.78 Å².